The van der Waals surface area contributed by atoms with Crippen LogP contribution in [0.15, 0.2) is 12.1 Å². The van der Waals surface area contributed by atoms with Gasteiger partial charge in [0.2, 0.25) is 0 Å². The number of likely N-dealkylation sites (tertiary alicyclic amines) is 1. The van der Waals surface area contributed by atoms with E-state index < -0.39 is 11.4 Å². The Morgan fingerprint density at radius 2 is 2.18 bits per heavy atom. The molecule has 3 rings (SSSR count). The molecule has 1 aromatic heterocycles. The van der Waals surface area contributed by atoms with Gasteiger partial charge in [-0.25, -0.2) is 9.78 Å². The number of hydrogen-bond acceptors (Lipinski definition) is 3. The van der Waals surface area contributed by atoms with Gasteiger partial charge in [0.25, 0.3) is 0 Å². The van der Waals surface area contributed by atoms with Gasteiger partial charge in [-0.15, -0.1) is 0 Å². The molecule has 6 heteroatoms. The fourth-order valence-electron chi connectivity index (χ4n) is 3.89. The molecule has 0 bridgehead atoms. The second-order valence-electron chi connectivity index (χ2n) is 6.53. The summed E-state index contributed by atoms with van der Waals surface area (Å²) in [5.74, 6) is -0.179. The number of urea groups is 1. The first-order valence-corrected chi connectivity index (χ1v) is 7.65. The molecule has 6 nitrogen and oxygen atoms in total. The first kappa shape index (κ1) is 14.8. The van der Waals surface area contributed by atoms with E-state index >= 15 is 0 Å². The summed E-state index contributed by atoms with van der Waals surface area (Å²) in [5, 5.41) is 12.4. The summed E-state index contributed by atoms with van der Waals surface area (Å²) in [6.07, 6.45) is 2.49. The van der Waals surface area contributed by atoms with Crippen molar-refractivity contribution in [2.45, 2.75) is 33.1 Å². The Bertz CT molecular complexity index is 611. The molecule has 1 aromatic rings. The van der Waals surface area contributed by atoms with Gasteiger partial charge in [-0.3, -0.25) is 10.1 Å². The summed E-state index contributed by atoms with van der Waals surface area (Å²) in [7, 11) is 0. The molecule has 1 saturated carbocycles. The van der Waals surface area contributed by atoms with Crippen LogP contribution in [0.5, 0.6) is 0 Å². The first-order valence-electron chi connectivity index (χ1n) is 7.65. The van der Waals surface area contributed by atoms with Gasteiger partial charge >= 0.3 is 12.0 Å². The fourth-order valence-corrected chi connectivity index (χ4v) is 3.89. The Labute approximate surface area is 129 Å². The molecule has 118 valence electrons. The minimum Gasteiger partial charge on any atom is -0.481 e. The van der Waals surface area contributed by atoms with E-state index in [-0.39, 0.29) is 11.9 Å². The van der Waals surface area contributed by atoms with Gasteiger partial charge in [-0.2, -0.15) is 0 Å². The highest BCUT2D eigenvalue weighted by molar-refractivity contribution is 5.90. The zero-order valence-corrected chi connectivity index (χ0v) is 12.9. The topological polar surface area (TPSA) is 82.5 Å². The molecule has 2 N–H and O–H groups in total. The van der Waals surface area contributed by atoms with Crippen molar-refractivity contribution < 1.29 is 14.7 Å². The van der Waals surface area contributed by atoms with Crippen LogP contribution in [-0.4, -0.2) is 40.1 Å². The number of anilines is 1. The van der Waals surface area contributed by atoms with Crippen molar-refractivity contribution in [2.75, 3.05) is 18.4 Å². The number of carboxylic acids is 1. The third kappa shape index (κ3) is 2.42. The maximum Gasteiger partial charge on any atom is 0.323 e. The molecule has 0 spiro atoms. The van der Waals surface area contributed by atoms with Gasteiger partial charge in [0, 0.05) is 18.8 Å². The minimum absolute atomic E-state index is 0.0722. The van der Waals surface area contributed by atoms with Crippen LogP contribution in [0.2, 0.25) is 0 Å². The van der Waals surface area contributed by atoms with Crippen molar-refractivity contribution >= 4 is 17.8 Å². The number of pyridine rings is 1. The number of hydrogen-bond donors (Lipinski definition) is 2. The second kappa shape index (κ2) is 5.26. The van der Waals surface area contributed by atoms with Crippen molar-refractivity contribution in [3.05, 3.63) is 23.4 Å². The Kier molecular flexibility index (Phi) is 3.54. The predicted octanol–water partition coefficient (Wildman–Crippen LogP) is 2.42. The predicted molar refractivity (Wildman–Crippen MR) is 81.7 cm³/mol. The molecular weight excluding hydrogens is 282 g/mol. The molecule has 1 saturated heterocycles. The van der Waals surface area contributed by atoms with E-state index in [1.165, 1.54) is 0 Å². The largest absolute Gasteiger partial charge is 0.481 e. The summed E-state index contributed by atoms with van der Waals surface area (Å²) in [6, 6.07) is 3.50. The van der Waals surface area contributed by atoms with Crippen LogP contribution in [-0.2, 0) is 4.79 Å². The molecule has 2 atom stereocenters. The molecule has 2 fully saturated rings. The highest BCUT2D eigenvalue weighted by Crippen LogP contribution is 2.48. The van der Waals surface area contributed by atoms with Crippen molar-refractivity contribution in [1.29, 1.82) is 0 Å². The van der Waals surface area contributed by atoms with Crippen LogP contribution < -0.4 is 5.32 Å². The number of nitrogens with one attached hydrogen (secondary N) is 1. The lowest BCUT2D eigenvalue weighted by molar-refractivity contribution is -0.149. The zero-order valence-electron chi connectivity index (χ0n) is 12.9. The highest BCUT2D eigenvalue weighted by Gasteiger charge is 2.55. The molecule has 1 aliphatic heterocycles. The number of carboxylic acid groups (broad SMARTS) is 1. The van der Waals surface area contributed by atoms with E-state index in [1.807, 2.05) is 26.0 Å². The van der Waals surface area contributed by atoms with Gasteiger partial charge in [-0.1, -0.05) is 6.42 Å². The third-order valence-electron chi connectivity index (χ3n) is 4.92. The van der Waals surface area contributed by atoms with E-state index in [0.29, 0.717) is 25.3 Å². The molecular formula is C16H21N3O3. The van der Waals surface area contributed by atoms with E-state index in [2.05, 4.69) is 10.3 Å². The van der Waals surface area contributed by atoms with Gasteiger partial charge in [0.1, 0.15) is 5.82 Å². The van der Waals surface area contributed by atoms with Gasteiger partial charge in [-0.05, 0) is 50.3 Å². The van der Waals surface area contributed by atoms with Gasteiger partial charge < -0.3 is 10.0 Å². The molecule has 2 amide bonds. The lowest BCUT2D eigenvalue weighted by atomic mass is 9.81. The molecule has 22 heavy (non-hydrogen) atoms. The summed E-state index contributed by atoms with van der Waals surface area (Å²) >= 11 is 0. The monoisotopic (exact) mass is 303 g/mol. The van der Waals surface area contributed by atoms with E-state index in [1.54, 1.807) is 4.90 Å². The SMILES string of the molecule is Cc1cc(C)nc(NC(=O)N2C[C@@H]3CCC[C@@]3(C(=O)O)C2)c1. The van der Waals surface area contributed by atoms with Crippen LogP contribution in [0.3, 0.4) is 0 Å². The number of aryl methyl sites for hydroxylation is 2. The number of carbonyl (C=O) groups is 2. The number of aliphatic carboxylic acids is 1. The Hall–Kier alpha value is -2.11. The third-order valence-corrected chi connectivity index (χ3v) is 4.92. The molecule has 2 aliphatic rings. The van der Waals surface area contributed by atoms with Crippen molar-refractivity contribution in [2.24, 2.45) is 11.3 Å². The van der Waals surface area contributed by atoms with Crippen molar-refractivity contribution in [1.82, 2.24) is 9.88 Å². The quantitative estimate of drug-likeness (QED) is 0.879. The van der Waals surface area contributed by atoms with Crippen LogP contribution in [0.4, 0.5) is 10.6 Å². The Morgan fingerprint density at radius 3 is 2.82 bits per heavy atom. The molecule has 0 aromatic carbocycles. The normalized spacial score (nSPS) is 26.8. The number of carbonyl (C=O) groups excluding carboxylic acids is 1. The summed E-state index contributed by atoms with van der Waals surface area (Å²) in [5.41, 5.74) is 1.13. The van der Waals surface area contributed by atoms with Crippen molar-refractivity contribution in [3.8, 4) is 0 Å². The fraction of sp³-hybridized carbons (Fsp3) is 0.562. The van der Waals surface area contributed by atoms with Crippen LogP contribution in [0.25, 0.3) is 0 Å². The minimum atomic E-state index is -0.769. The average molecular weight is 303 g/mol. The lowest BCUT2D eigenvalue weighted by Crippen LogP contribution is -2.38. The summed E-state index contributed by atoms with van der Waals surface area (Å²) < 4.78 is 0. The number of aromatic nitrogens is 1. The second-order valence-corrected chi connectivity index (χ2v) is 6.53. The van der Waals surface area contributed by atoms with E-state index in [4.69, 9.17) is 0 Å². The first-order chi connectivity index (χ1) is 10.4. The lowest BCUT2D eigenvalue weighted by Gasteiger charge is -2.23. The zero-order chi connectivity index (χ0) is 15.9. The number of fused-ring (bicyclic) bond motifs is 1. The Balaban J connectivity index is 1.73. The van der Waals surface area contributed by atoms with Gasteiger partial charge in [0.05, 0.1) is 5.41 Å². The highest BCUT2D eigenvalue weighted by atomic mass is 16.4. The van der Waals surface area contributed by atoms with Crippen molar-refractivity contribution in [3.63, 3.8) is 0 Å². The maximum absolute atomic E-state index is 12.4. The van der Waals surface area contributed by atoms with Crippen LogP contribution in [0, 0.1) is 25.2 Å². The number of rotatable bonds is 2. The number of nitrogens with zero attached hydrogens (tertiary/aromatic N) is 2. The smallest absolute Gasteiger partial charge is 0.323 e. The summed E-state index contributed by atoms with van der Waals surface area (Å²) in [4.78, 5) is 30.0. The molecule has 1 aliphatic carbocycles. The maximum atomic E-state index is 12.4. The van der Waals surface area contributed by atoms with Crippen LogP contribution >= 0.6 is 0 Å². The van der Waals surface area contributed by atoms with Gasteiger partial charge in [0.15, 0.2) is 0 Å². The van der Waals surface area contributed by atoms with E-state index in [9.17, 15) is 14.7 Å². The van der Waals surface area contributed by atoms with Crippen LogP contribution in [0.1, 0.15) is 30.5 Å². The standard InChI is InChI=1S/C16H21N3O3/c1-10-6-11(2)17-13(7-10)18-15(22)19-8-12-4-3-5-16(12,9-19)14(20)21/h6-7,12H,3-5,8-9H2,1-2H3,(H,20,21)(H,17,18,22)/t12-,16+/m0/s1. The molecule has 2 heterocycles. The summed E-state index contributed by atoms with van der Waals surface area (Å²) in [6.45, 7) is 4.64. The van der Waals surface area contributed by atoms with E-state index in [0.717, 1.165) is 24.1 Å². The number of amides is 2. The molecule has 0 unspecified atom stereocenters. The average Bonchev–Trinajstić information content (AvgIpc) is 2.94. The molecule has 0 radical (unpaired) electrons. The Morgan fingerprint density at radius 1 is 1.41 bits per heavy atom.